The van der Waals surface area contributed by atoms with Crippen LogP contribution in [0.25, 0.3) is 0 Å². The predicted molar refractivity (Wildman–Crippen MR) is 79.7 cm³/mol. The lowest BCUT2D eigenvalue weighted by Gasteiger charge is -2.33. The minimum absolute atomic E-state index is 0.237. The molecule has 5 nitrogen and oxygen atoms in total. The number of rotatable bonds is 2. The number of carbonyl (C=O) groups is 2. The highest BCUT2D eigenvalue weighted by atomic mass is 19.1. The summed E-state index contributed by atoms with van der Waals surface area (Å²) in [6.45, 7) is 2.14. The van der Waals surface area contributed by atoms with Crippen molar-refractivity contribution in [2.24, 2.45) is 11.0 Å². The predicted octanol–water partition coefficient (Wildman–Crippen LogP) is 2.66. The Kier molecular flexibility index (Phi) is 3.68. The molecule has 0 bridgehead atoms. The normalized spacial score (nSPS) is 28.6. The quantitative estimate of drug-likeness (QED) is 0.674. The first-order chi connectivity index (χ1) is 10.5. The van der Waals surface area contributed by atoms with Crippen LogP contribution in [-0.4, -0.2) is 28.7 Å². The molecule has 2 aliphatic rings. The van der Waals surface area contributed by atoms with Gasteiger partial charge in [-0.2, -0.15) is 5.10 Å². The molecule has 0 aromatic heterocycles. The van der Waals surface area contributed by atoms with Gasteiger partial charge in [-0.3, -0.25) is 4.79 Å². The molecule has 22 heavy (non-hydrogen) atoms. The molecule has 0 atom stereocenters. The van der Waals surface area contributed by atoms with Crippen molar-refractivity contribution >= 4 is 18.2 Å². The third kappa shape index (κ3) is 2.49. The van der Waals surface area contributed by atoms with Crippen LogP contribution in [0, 0.1) is 11.7 Å². The van der Waals surface area contributed by atoms with Crippen molar-refractivity contribution in [3.8, 4) is 0 Å². The molecule has 1 saturated heterocycles. The van der Waals surface area contributed by atoms with Gasteiger partial charge in [0.05, 0.1) is 6.21 Å². The first-order valence-corrected chi connectivity index (χ1v) is 7.47. The molecule has 1 aromatic carbocycles. The van der Waals surface area contributed by atoms with Gasteiger partial charge in [0.1, 0.15) is 11.4 Å². The number of hydrogen-bond acceptors (Lipinski definition) is 3. The van der Waals surface area contributed by atoms with E-state index in [1.807, 2.05) is 0 Å². The Labute approximate surface area is 128 Å². The highest BCUT2D eigenvalue weighted by Crippen LogP contribution is 2.36. The average Bonchev–Trinajstić information content (AvgIpc) is 2.73. The second kappa shape index (κ2) is 5.51. The van der Waals surface area contributed by atoms with Crippen molar-refractivity contribution in [3.63, 3.8) is 0 Å². The molecule has 1 saturated carbocycles. The van der Waals surface area contributed by atoms with Crippen molar-refractivity contribution in [2.75, 3.05) is 0 Å². The monoisotopic (exact) mass is 303 g/mol. The molecule has 1 aliphatic heterocycles. The van der Waals surface area contributed by atoms with E-state index in [1.54, 1.807) is 12.1 Å². The maximum atomic E-state index is 13.6. The van der Waals surface area contributed by atoms with Gasteiger partial charge < -0.3 is 5.32 Å². The van der Waals surface area contributed by atoms with Gasteiger partial charge in [-0.15, -0.1) is 5.01 Å². The molecular weight excluding hydrogens is 285 g/mol. The number of amides is 3. The summed E-state index contributed by atoms with van der Waals surface area (Å²) < 4.78 is 13.6. The van der Waals surface area contributed by atoms with E-state index in [9.17, 15) is 14.0 Å². The Morgan fingerprint density at radius 1 is 1.32 bits per heavy atom. The van der Waals surface area contributed by atoms with E-state index in [2.05, 4.69) is 17.3 Å². The molecule has 6 heteroatoms. The molecule has 116 valence electrons. The Morgan fingerprint density at radius 2 is 2.00 bits per heavy atom. The summed E-state index contributed by atoms with van der Waals surface area (Å²) in [5.74, 6) is -0.220. The van der Waals surface area contributed by atoms with E-state index in [0.717, 1.165) is 17.9 Å². The van der Waals surface area contributed by atoms with Crippen molar-refractivity contribution < 1.29 is 14.0 Å². The number of urea groups is 1. The van der Waals surface area contributed by atoms with E-state index in [0.29, 0.717) is 18.8 Å². The van der Waals surface area contributed by atoms with Crippen LogP contribution < -0.4 is 5.32 Å². The van der Waals surface area contributed by atoms with Crippen molar-refractivity contribution in [1.29, 1.82) is 0 Å². The molecule has 1 aromatic rings. The summed E-state index contributed by atoms with van der Waals surface area (Å²) >= 11 is 0. The van der Waals surface area contributed by atoms with Gasteiger partial charge in [0, 0.05) is 5.56 Å². The fourth-order valence-corrected chi connectivity index (χ4v) is 3.00. The molecule has 1 aliphatic carbocycles. The second-order valence-electron chi connectivity index (χ2n) is 6.08. The van der Waals surface area contributed by atoms with Crippen LogP contribution in [0.15, 0.2) is 29.4 Å². The van der Waals surface area contributed by atoms with Gasteiger partial charge in [-0.05, 0) is 37.7 Å². The van der Waals surface area contributed by atoms with E-state index < -0.39 is 17.4 Å². The number of hydrogen-bond donors (Lipinski definition) is 1. The van der Waals surface area contributed by atoms with E-state index in [1.165, 1.54) is 18.3 Å². The topological polar surface area (TPSA) is 61.8 Å². The molecule has 3 amide bonds. The van der Waals surface area contributed by atoms with Crippen LogP contribution in [0.2, 0.25) is 0 Å². The maximum Gasteiger partial charge on any atom is 0.346 e. The lowest BCUT2D eigenvalue weighted by atomic mass is 9.77. The number of nitrogens with zero attached hydrogens (tertiary/aromatic N) is 2. The Bertz CT molecular complexity index is 636. The zero-order valence-corrected chi connectivity index (χ0v) is 12.4. The summed E-state index contributed by atoms with van der Waals surface area (Å²) in [6, 6.07) is 5.54. The summed E-state index contributed by atoms with van der Waals surface area (Å²) in [7, 11) is 0. The number of imide groups is 1. The number of carbonyl (C=O) groups excluding carboxylic acids is 2. The molecule has 2 fully saturated rings. The summed E-state index contributed by atoms with van der Waals surface area (Å²) in [6.07, 6.45) is 4.26. The van der Waals surface area contributed by atoms with Gasteiger partial charge in [-0.25, -0.2) is 9.18 Å². The van der Waals surface area contributed by atoms with Crippen LogP contribution >= 0.6 is 0 Å². The van der Waals surface area contributed by atoms with Crippen molar-refractivity contribution in [3.05, 3.63) is 35.6 Å². The van der Waals surface area contributed by atoms with Crippen molar-refractivity contribution in [1.82, 2.24) is 10.3 Å². The number of benzene rings is 1. The third-order valence-corrected chi connectivity index (χ3v) is 4.49. The SMILES string of the molecule is CC1CCC2(CC1)NC(=O)N(/N=C\c1ccccc1F)C2=O. The third-order valence-electron chi connectivity index (χ3n) is 4.49. The van der Waals surface area contributed by atoms with Gasteiger partial charge in [0.25, 0.3) is 5.91 Å². The van der Waals surface area contributed by atoms with Gasteiger partial charge in [0.2, 0.25) is 0 Å². The van der Waals surface area contributed by atoms with E-state index in [-0.39, 0.29) is 11.5 Å². The Morgan fingerprint density at radius 3 is 2.68 bits per heavy atom. The van der Waals surface area contributed by atoms with Gasteiger partial charge >= 0.3 is 6.03 Å². The lowest BCUT2D eigenvalue weighted by molar-refractivity contribution is -0.132. The van der Waals surface area contributed by atoms with Gasteiger partial charge in [0.15, 0.2) is 0 Å². The minimum atomic E-state index is -0.823. The Hall–Kier alpha value is -2.24. The highest BCUT2D eigenvalue weighted by Gasteiger charge is 2.52. The summed E-state index contributed by atoms with van der Waals surface area (Å²) in [5, 5.41) is 7.48. The van der Waals surface area contributed by atoms with Crippen molar-refractivity contribution in [2.45, 2.75) is 38.1 Å². The highest BCUT2D eigenvalue weighted by molar-refractivity contribution is 6.07. The first-order valence-electron chi connectivity index (χ1n) is 7.47. The van der Waals surface area contributed by atoms with E-state index >= 15 is 0 Å². The van der Waals surface area contributed by atoms with Crippen LogP contribution in [0.3, 0.4) is 0 Å². The largest absolute Gasteiger partial charge is 0.346 e. The number of nitrogens with one attached hydrogen (secondary N) is 1. The molecule has 3 rings (SSSR count). The molecule has 1 N–H and O–H groups in total. The molecule has 0 radical (unpaired) electrons. The molecule has 0 unspecified atom stereocenters. The van der Waals surface area contributed by atoms with Crippen LogP contribution in [0.1, 0.15) is 38.2 Å². The number of halogens is 1. The van der Waals surface area contributed by atoms with Crippen LogP contribution in [0.5, 0.6) is 0 Å². The number of hydrazone groups is 1. The smallest absolute Gasteiger partial charge is 0.321 e. The molecule has 1 spiro atoms. The standard InChI is InChI=1S/C16H18FN3O2/c1-11-6-8-16(9-7-11)14(21)20(15(22)19-16)18-10-12-4-2-3-5-13(12)17/h2-5,10-11H,6-9H2,1H3,(H,19,22)/b18-10-. The molecular formula is C16H18FN3O2. The summed E-state index contributed by atoms with van der Waals surface area (Å²) in [5.41, 5.74) is -0.586. The maximum absolute atomic E-state index is 13.6. The lowest BCUT2D eigenvalue weighted by Crippen LogP contribution is -2.49. The zero-order valence-electron chi connectivity index (χ0n) is 12.4. The first kappa shape index (κ1) is 14.7. The zero-order chi connectivity index (χ0) is 15.7. The average molecular weight is 303 g/mol. The van der Waals surface area contributed by atoms with Gasteiger partial charge in [-0.1, -0.05) is 25.1 Å². The Balaban J connectivity index is 1.79. The minimum Gasteiger partial charge on any atom is -0.321 e. The van der Waals surface area contributed by atoms with E-state index in [4.69, 9.17) is 0 Å². The fourth-order valence-electron chi connectivity index (χ4n) is 3.00. The second-order valence-corrected chi connectivity index (χ2v) is 6.08. The summed E-state index contributed by atoms with van der Waals surface area (Å²) in [4.78, 5) is 24.6. The molecule has 1 heterocycles. The van der Waals surface area contributed by atoms with Crippen LogP contribution in [0.4, 0.5) is 9.18 Å². The fraction of sp³-hybridized carbons (Fsp3) is 0.438. The van der Waals surface area contributed by atoms with Crippen LogP contribution in [-0.2, 0) is 4.79 Å².